The van der Waals surface area contributed by atoms with Gasteiger partial charge in [-0.25, -0.2) is 0 Å². The lowest BCUT2D eigenvalue weighted by Crippen LogP contribution is -2.02. The monoisotopic (exact) mass is 971 g/mol. The van der Waals surface area contributed by atoms with Crippen LogP contribution in [-0.4, -0.2) is 0 Å². The molecule has 0 nitrogen and oxygen atoms in total. The van der Waals surface area contributed by atoms with E-state index in [-0.39, 0.29) is 0 Å². The molecule has 0 amide bonds. The highest BCUT2D eigenvalue weighted by Crippen LogP contribution is 2.46. The maximum Gasteiger partial charge on any atom is -0.00206 e. The molecule has 2 atom stereocenters. The molecule has 0 aromatic heterocycles. The minimum Gasteiger partial charge on any atom is -0.0991 e. The molecule has 2 aliphatic carbocycles. The quantitative estimate of drug-likeness (QED) is 0.0973. The van der Waals surface area contributed by atoms with Crippen molar-refractivity contribution < 1.29 is 0 Å². The van der Waals surface area contributed by atoms with Gasteiger partial charge in [0.15, 0.2) is 0 Å². The van der Waals surface area contributed by atoms with Crippen molar-refractivity contribution in [3.63, 3.8) is 0 Å². The van der Waals surface area contributed by atoms with Gasteiger partial charge in [0.2, 0.25) is 0 Å². The minimum absolute atomic E-state index is 0.341. The van der Waals surface area contributed by atoms with E-state index >= 15 is 0 Å². The summed E-state index contributed by atoms with van der Waals surface area (Å²) in [6, 6.07) is 46.1. The predicted molar refractivity (Wildman–Crippen MR) is 334 cm³/mol. The number of hydrogen-bond acceptors (Lipinski definition) is 0. The van der Waals surface area contributed by atoms with E-state index < -0.39 is 0 Å². The van der Waals surface area contributed by atoms with Crippen LogP contribution in [0.15, 0.2) is 291 Å². The van der Waals surface area contributed by atoms with Gasteiger partial charge in [0.1, 0.15) is 0 Å². The van der Waals surface area contributed by atoms with E-state index in [9.17, 15) is 0 Å². The summed E-state index contributed by atoms with van der Waals surface area (Å²) in [6.07, 6.45) is 38.2. The summed E-state index contributed by atoms with van der Waals surface area (Å²) in [5.41, 5.74) is 20.1. The smallest absolute Gasteiger partial charge is 0.00206 e. The topological polar surface area (TPSA) is 0 Å². The second-order valence-electron chi connectivity index (χ2n) is 19.7. The Morgan fingerprint density at radius 3 is 1.55 bits per heavy atom. The van der Waals surface area contributed by atoms with E-state index in [1.165, 1.54) is 50.1 Å². The second-order valence-corrected chi connectivity index (χ2v) is 19.7. The number of rotatable bonds is 14. The fraction of sp³-hybridized carbons (Fsp3) is 0.189. The van der Waals surface area contributed by atoms with Crippen molar-refractivity contribution in [2.45, 2.75) is 76.2 Å². The molecule has 0 saturated carbocycles. The molecule has 5 aromatic carbocycles. The molecule has 5 aromatic rings. The van der Waals surface area contributed by atoms with Crippen LogP contribution < -0.4 is 0 Å². The molecular formula is C74H82. The Balaban J connectivity index is 0.000000751. The van der Waals surface area contributed by atoms with Gasteiger partial charge in [-0.15, -0.1) is 0 Å². The third kappa shape index (κ3) is 17.2. The van der Waals surface area contributed by atoms with Gasteiger partial charge in [0.25, 0.3) is 0 Å². The molecular weight excluding hydrogens is 889 g/mol. The molecule has 0 fully saturated rings. The molecule has 74 heavy (non-hydrogen) atoms. The largest absolute Gasteiger partial charge is 0.0991 e. The van der Waals surface area contributed by atoms with Crippen LogP contribution >= 0.6 is 0 Å². The van der Waals surface area contributed by atoms with E-state index in [2.05, 4.69) is 288 Å². The summed E-state index contributed by atoms with van der Waals surface area (Å²) in [7, 11) is 0. The van der Waals surface area contributed by atoms with Crippen LogP contribution in [0, 0.1) is 17.3 Å². The van der Waals surface area contributed by atoms with Crippen LogP contribution in [0.1, 0.15) is 92.9 Å². The van der Waals surface area contributed by atoms with Crippen molar-refractivity contribution in [2.75, 3.05) is 0 Å². The molecule has 0 saturated heterocycles. The highest BCUT2D eigenvalue weighted by atomic mass is 14.3. The van der Waals surface area contributed by atoms with Crippen molar-refractivity contribution in [3.8, 4) is 33.4 Å². The Kier molecular flexibility index (Phi) is 24.1. The Morgan fingerprint density at radius 1 is 0.527 bits per heavy atom. The Hall–Kier alpha value is -7.80. The first-order chi connectivity index (χ1) is 35.7. The summed E-state index contributed by atoms with van der Waals surface area (Å²) >= 11 is 0. The van der Waals surface area contributed by atoms with E-state index in [1.54, 1.807) is 12.2 Å². The fourth-order valence-corrected chi connectivity index (χ4v) is 8.45. The second kappa shape index (κ2) is 30.3. The van der Waals surface area contributed by atoms with Crippen LogP contribution in [-0.2, 0) is 0 Å². The summed E-state index contributed by atoms with van der Waals surface area (Å²) in [5.74, 6) is 0.703. The van der Waals surface area contributed by atoms with Crippen LogP contribution in [0.25, 0.3) is 50.1 Å². The van der Waals surface area contributed by atoms with E-state index in [0.29, 0.717) is 17.3 Å². The van der Waals surface area contributed by atoms with Gasteiger partial charge in [-0.2, -0.15) is 0 Å². The van der Waals surface area contributed by atoms with Crippen molar-refractivity contribution in [1.29, 1.82) is 0 Å². The minimum atomic E-state index is 0.341. The zero-order valence-corrected chi connectivity index (χ0v) is 46.5. The summed E-state index contributed by atoms with van der Waals surface area (Å²) in [4.78, 5) is 0. The van der Waals surface area contributed by atoms with E-state index in [4.69, 9.17) is 0 Å². The zero-order chi connectivity index (χ0) is 54.0. The zero-order valence-electron chi connectivity index (χ0n) is 46.5. The molecule has 2 unspecified atom stereocenters. The van der Waals surface area contributed by atoms with Crippen molar-refractivity contribution >= 4 is 16.7 Å². The van der Waals surface area contributed by atoms with Gasteiger partial charge < -0.3 is 0 Å². The lowest BCUT2D eigenvalue weighted by molar-refractivity contribution is 0.469. The maximum atomic E-state index is 4.41. The molecule has 378 valence electrons. The van der Waals surface area contributed by atoms with Gasteiger partial charge in [-0.3, -0.25) is 0 Å². The van der Waals surface area contributed by atoms with Gasteiger partial charge in [-0.05, 0) is 127 Å². The first kappa shape index (κ1) is 58.8. The molecule has 0 heteroatoms. The molecule has 0 aliphatic heterocycles. The van der Waals surface area contributed by atoms with Gasteiger partial charge in [-0.1, -0.05) is 324 Å². The molecule has 7 rings (SSSR count). The summed E-state index contributed by atoms with van der Waals surface area (Å²) in [5, 5.41) is 0. The molecule has 0 N–H and O–H groups in total. The Morgan fingerprint density at radius 2 is 1.03 bits per heavy atom. The first-order valence-electron chi connectivity index (χ1n) is 26.3. The van der Waals surface area contributed by atoms with Gasteiger partial charge in [0, 0.05) is 0 Å². The van der Waals surface area contributed by atoms with Crippen LogP contribution in [0.2, 0.25) is 0 Å². The molecule has 2 aliphatic rings. The fourth-order valence-electron chi connectivity index (χ4n) is 8.45. The number of allylic oxidation sites excluding steroid dienone is 26. The highest BCUT2D eigenvalue weighted by molar-refractivity contribution is 6.03. The van der Waals surface area contributed by atoms with Crippen molar-refractivity contribution in [3.05, 3.63) is 308 Å². The lowest BCUT2D eigenvalue weighted by atomic mass is 9.80. The van der Waals surface area contributed by atoms with Gasteiger partial charge >= 0.3 is 0 Å². The van der Waals surface area contributed by atoms with Crippen molar-refractivity contribution in [1.82, 2.24) is 0 Å². The summed E-state index contributed by atoms with van der Waals surface area (Å²) < 4.78 is 0. The maximum absolute atomic E-state index is 4.41. The third-order valence-corrected chi connectivity index (χ3v) is 11.9. The van der Waals surface area contributed by atoms with E-state index in [1.807, 2.05) is 39.0 Å². The highest BCUT2D eigenvalue weighted by Gasteiger charge is 2.23. The van der Waals surface area contributed by atoms with Crippen LogP contribution in [0.4, 0.5) is 0 Å². The number of hydrogen-bond donors (Lipinski definition) is 0. The van der Waals surface area contributed by atoms with Crippen LogP contribution in [0.5, 0.6) is 0 Å². The molecule has 0 bridgehead atoms. The Bertz CT molecular complexity index is 2990. The van der Waals surface area contributed by atoms with Gasteiger partial charge in [0.05, 0.1) is 0 Å². The van der Waals surface area contributed by atoms with Crippen molar-refractivity contribution in [2.24, 2.45) is 17.3 Å². The third-order valence-electron chi connectivity index (χ3n) is 11.9. The molecule has 0 heterocycles. The predicted octanol–water partition coefficient (Wildman–Crippen LogP) is 22.0. The normalized spacial score (nSPS) is 15.9. The standard InChI is InChI=1S/C60H54.C7H10.C5H12.C2H6/c1-7-21-50(22-8-2)58(54(9-3)47-25-13-10-14-26-47)57(45(6)46-31-19-23-43(4)33-35-46)52-37-39-53(40-38-52)60-55(48-27-15-11-16-28-48)41-42-56(49-32-20-24-44(5)34-36-49)59(60)51-29-17-12-18-30-51;1-4-6-7(3)5-2;1-5(2,3)4;1-2/h7-44H,1,3H2,2,4-6H3;4-6H,1-2H2,3H3;1-4H3;1-2H3/b22-8-,50-21+,57-45+,58-54+;7-6-;;. The Labute approximate surface area is 448 Å². The molecule has 0 spiro atoms. The molecule has 0 radical (unpaired) electrons. The van der Waals surface area contributed by atoms with Crippen LogP contribution in [0.3, 0.4) is 0 Å². The lowest BCUT2D eigenvalue weighted by Gasteiger charge is -2.23. The average Bonchev–Trinajstić information content (AvgIpc) is 3.78. The SMILES string of the molecule is C=C/C=C(/C)C=C.C=C/C=C(\C=C/C)C(=C(/C=C)c1ccccc1)/C(=C(\C)C1=CC=CC(C)C=C1)c1ccc(-c2c(-c3ccccc3)ccc(C3=CC=CC(C)C=C3)c2-c2ccccc2)cc1.CC.CC(C)(C)C. The van der Waals surface area contributed by atoms with E-state index in [0.717, 1.165) is 44.6 Å². The first-order valence-corrected chi connectivity index (χ1v) is 26.3. The summed E-state index contributed by atoms with van der Waals surface area (Å²) in [6.45, 7) is 39.2. The number of benzene rings is 5. The average molecular weight is 971 g/mol.